The van der Waals surface area contributed by atoms with Crippen molar-refractivity contribution in [1.82, 2.24) is 5.32 Å². The molecule has 0 radical (unpaired) electrons. The number of hydrogen-bond donors (Lipinski definition) is 4. The molecule has 0 aliphatic rings. The molecule has 0 saturated heterocycles. The molecular formula is C61H119NO4. The summed E-state index contributed by atoms with van der Waals surface area (Å²) in [5.41, 5.74) is 0. The minimum Gasteiger partial charge on any atom is -0.394 e. The van der Waals surface area contributed by atoms with Gasteiger partial charge in [-0.05, 0) is 32.1 Å². The number of amides is 1. The Morgan fingerprint density at radius 1 is 0.364 bits per heavy atom. The number of carbonyl (C=O) groups excluding carboxylic acids is 1. The molecule has 0 heterocycles. The summed E-state index contributed by atoms with van der Waals surface area (Å²) in [7, 11) is 0. The predicted octanol–water partition coefficient (Wildman–Crippen LogP) is 18.8. The molecule has 0 fully saturated rings. The van der Waals surface area contributed by atoms with Gasteiger partial charge < -0.3 is 20.6 Å². The lowest BCUT2D eigenvalue weighted by molar-refractivity contribution is -0.131. The molecule has 5 nitrogen and oxygen atoms in total. The lowest BCUT2D eigenvalue weighted by atomic mass is 10.0. The standard InChI is InChI=1S/C61H119NO4/c1-3-5-7-9-11-13-15-17-19-21-23-25-27-29-30-31-32-34-36-38-40-42-44-46-48-50-52-54-56-60(65)61(66)62-58(57-63)59(64)55-53-51-49-47-45-43-41-39-37-35-33-28-26-24-22-20-18-16-14-12-10-8-6-4-2/h45,47,53,55,58-60,63-65H,3-44,46,48-52,54,56-57H2,1-2H3,(H,62,66)/b47-45+,55-53+. The molecule has 4 N–H and O–H groups in total. The van der Waals surface area contributed by atoms with Crippen LogP contribution in [-0.2, 0) is 4.79 Å². The van der Waals surface area contributed by atoms with Crippen LogP contribution in [0.15, 0.2) is 24.3 Å². The summed E-state index contributed by atoms with van der Waals surface area (Å²) in [5.74, 6) is -0.506. The second kappa shape index (κ2) is 56.4. The van der Waals surface area contributed by atoms with Crippen LogP contribution in [0.25, 0.3) is 0 Å². The summed E-state index contributed by atoms with van der Waals surface area (Å²) in [6.07, 6.45) is 72.8. The lowest BCUT2D eigenvalue weighted by Gasteiger charge is -2.21. The smallest absolute Gasteiger partial charge is 0.249 e. The fraction of sp³-hybridized carbons (Fsp3) is 0.918. The second-order valence-electron chi connectivity index (χ2n) is 20.9. The zero-order valence-corrected chi connectivity index (χ0v) is 44.9. The zero-order valence-electron chi connectivity index (χ0n) is 44.9. The van der Waals surface area contributed by atoms with Gasteiger partial charge >= 0.3 is 0 Å². The van der Waals surface area contributed by atoms with Crippen molar-refractivity contribution in [3.8, 4) is 0 Å². The summed E-state index contributed by atoms with van der Waals surface area (Å²) in [5, 5.41) is 33.4. The van der Waals surface area contributed by atoms with Gasteiger partial charge in [-0.15, -0.1) is 0 Å². The number of unbranched alkanes of at least 4 members (excludes halogenated alkanes) is 46. The summed E-state index contributed by atoms with van der Waals surface area (Å²) in [6, 6.07) is -0.813. The Kier molecular flexibility index (Phi) is 55.4. The van der Waals surface area contributed by atoms with Gasteiger partial charge in [-0.2, -0.15) is 0 Å². The highest BCUT2D eigenvalue weighted by molar-refractivity contribution is 5.80. The van der Waals surface area contributed by atoms with Gasteiger partial charge in [-0.1, -0.05) is 327 Å². The highest BCUT2D eigenvalue weighted by Crippen LogP contribution is 2.18. The van der Waals surface area contributed by atoms with Crippen LogP contribution in [0.4, 0.5) is 0 Å². The Morgan fingerprint density at radius 2 is 0.621 bits per heavy atom. The van der Waals surface area contributed by atoms with Crippen molar-refractivity contribution in [2.75, 3.05) is 6.61 Å². The van der Waals surface area contributed by atoms with Crippen LogP contribution in [-0.4, -0.2) is 46.1 Å². The summed E-state index contributed by atoms with van der Waals surface area (Å²) < 4.78 is 0. The van der Waals surface area contributed by atoms with Crippen LogP contribution in [0.3, 0.4) is 0 Å². The van der Waals surface area contributed by atoms with E-state index in [-0.39, 0.29) is 6.61 Å². The monoisotopic (exact) mass is 930 g/mol. The third-order valence-electron chi connectivity index (χ3n) is 14.3. The molecule has 66 heavy (non-hydrogen) atoms. The SMILES string of the molecule is CCCCCCCCCCCCCCCCCCCC/C=C/CC/C=C/C(O)C(CO)NC(=O)C(O)CCCCCCCCCCCCCCCCCCCCCCCCCCCCCC. The maximum absolute atomic E-state index is 12.6. The Hall–Kier alpha value is -1.17. The number of allylic oxidation sites excluding steroid dienone is 3. The van der Waals surface area contributed by atoms with E-state index >= 15 is 0 Å². The molecule has 0 saturated carbocycles. The Bertz CT molecular complexity index is 982. The Balaban J connectivity index is 3.55. The Morgan fingerprint density at radius 3 is 0.924 bits per heavy atom. The normalized spacial score (nSPS) is 13.3. The molecule has 0 aromatic heterocycles. The van der Waals surface area contributed by atoms with E-state index in [0.717, 1.165) is 38.5 Å². The Labute approximate surface area is 413 Å². The van der Waals surface area contributed by atoms with Crippen LogP contribution in [0.5, 0.6) is 0 Å². The van der Waals surface area contributed by atoms with Crippen LogP contribution in [0.1, 0.15) is 335 Å². The minimum atomic E-state index is -1.10. The number of carbonyl (C=O) groups is 1. The van der Waals surface area contributed by atoms with Crippen molar-refractivity contribution < 1.29 is 20.1 Å². The molecule has 3 unspecified atom stereocenters. The highest BCUT2D eigenvalue weighted by atomic mass is 16.3. The van der Waals surface area contributed by atoms with Crippen molar-refractivity contribution >= 4 is 5.91 Å². The van der Waals surface area contributed by atoms with Gasteiger partial charge in [0.2, 0.25) is 5.91 Å². The van der Waals surface area contributed by atoms with E-state index in [1.165, 1.54) is 276 Å². The first-order valence-electron chi connectivity index (χ1n) is 30.2. The van der Waals surface area contributed by atoms with Crippen molar-refractivity contribution in [1.29, 1.82) is 0 Å². The molecule has 3 atom stereocenters. The van der Waals surface area contributed by atoms with E-state index in [0.29, 0.717) is 6.42 Å². The average Bonchev–Trinajstić information content (AvgIpc) is 3.32. The zero-order chi connectivity index (χ0) is 47.9. The number of hydrogen-bond acceptors (Lipinski definition) is 4. The first kappa shape index (κ1) is 64.8. The molecule has 392 valence electrons. The third-order valence-corrected chi connectivity index (χ3v) is 14.3. The van der Waals surface area contributed by atoms with Crippen LogP contribution in [0.2, 0.25) is 0 Å². The van der Waals surface area contributed by atoms with Crippen LogP contribution >= 0.6 is 0 Å². The van der Waals surface area contributed by atoms with Gasteiger partial charge in [-0.3, -0.25) is 4.79 Å². The molecule has 0 aromatic rings. The quantitative estimate of drug-likeness (QED) is 0.0361. The number of nitrogens with one attached hydrogen (secondary N) is 1. The van der Waals surface area contributed by atoms with Gasteiger partial charge in [0.25, 0.3) is 0 Å². The molecule has 0 bridgehead atoms. The third kappa shape index (κ3) is 50.7. The predicted molar refractivity (Wildman–Crippen MR) is 292 cm³/mol. The number of aliphatic hydroxyl groups excluding tert-OH is 3. The molecule has 0 rings (SSSR count). The first-order chi connectivity index (χ1) is 32.6. The molecule has 0 aliphatic heterocycles. The number of aliphatic hydroxyl groups is 3. The van der Waals surface area contributed by atoms with Gasteiger partial charge in [0, 0.05) is 0 Å². The topological polar surface area (TPSA) is 89.8 Å². The lowest BCUT2D eigenvalue weighted by Crippen LogP contribution is -2.48. The fourth-order valence-corrected chi connectivity index (χ4v) is 9.62. The first-order valence-corrected chi connectivity index (χ1v) is 30.2. The van der Waals surface area contributed by atoms with Gasteiger partial charge in [0.1, 0.15) is 6.10 Å². The van der Waals surface area contributed by atoms with Crippen LogP contribution < -0.4 is 5.32 Å². The molecule has 1 amide bonds. The maximum Gasteiger partial charge on any atom is 0.249 e. The molecular weight excluding hydrogens is 811 g/mol. The van der Waals surface area contributed by atoms with Crippen LogP contribution in [0, 0.1) is 0 Å². The van der Waals surface area contributed by atoms with E-state index in [9.17, 15) is 20.1 Å². The van der Waals surface area contributed by atoms with Crippen molar-refractivity contribution in [2.45, 2.75) is 353 Å². The highest BCUT2D eigenvalue weighted by Gasteiger charge is 2.22. The van der Waals surface area contributed by atoms with Crippen molar-refractivity contribution in [3.63, 3.8) is 0 Å². The van der Waals surface area contributed by atoms with E-state index in [2.05, 4.69) is 31.3 Å². The number of rotatable bonds is 56. The van der Waals surface area contributed by atoms with Gasteiger partial charge in [0.05, 0.1) is 18.8 Å². The summed E-state index contributed by atoms with van der Waals surface area (Å²) >= 11 is 0. The fourth-order valence-electron chi connectivity index (χ4n) is 9.62. The van der Waals surface area contributed by atoms with E-state index in [4.69, 9.17) is 0 Å². The summed E-state index contributed by atoms with van der Waals surface area (Å²) in [6.45, 7) is 4.22. The van der Waals surface area contributed by atoms with Gasteiger partial charge in [0.15, 0.2) is 0 Å². The summed E-state index contributed by atoms with van der Waals surface area (Å²) in [4.78, 5) is 12.6. The van der Waals surface area contributed by atoms with E-state index in [1.54, 1.807) is 6.08 Å². The largest absolute Gasteiger partial charge is 0.394 e. The molecule has 0 aromatic carbocycles. The molecule has 0 spiro atoms. The van der Waals surface area contributed by atoms with Crippen molar-refractivity contribution in [2.24, 2.45) is 0 Å². The van der Waals surface area contributed by atoms with E-state index in [1.807, 2.05) is 6.08 Å². The minimum absolute atomic E-state index is 0.372. The van der Waals surface area contributed by atoms with Gasteiger partial charge in [-0.25, -0.2) is 0 Å². The average molecular weight is 931 g/mol. The maximum atomic E-state index is 12.6. The van der Waals surface area contributed by atoms with Crippen molar-refractivity contribution in [3.05, 3.63) is 24.3 Å². The molecule has 0 aliphatic carbocycles. The van der Waals surface area contributed by atoms with E-state index < -0.39 is 24.2 Å². The molecule has 5 heteroatoms. The second-order valence-corrected chi connectivity index (χ2v) is 20.9.